The number of ether oxygens (including phenoxy) is 1. The van der Waals surface area contributed by atoms with Crippen LogP contribution < -0.4 is 4.74 Å². The first-order valence-electron chi connectivity index (χ1n) is 5.05. The summed E-state index contributed by atoms with van der Waals surface area (Å²) in [5.74, 6) is -0.420. The van der Waals surface area contributed by atoms with Gasteiger partial charge in [0, 0.05) is 1.37 Å². The Hall–Kier alpha value is -0.830. The van der Waals surface area contributed by atoms with Gasteiger partial charge >= 0.3 is 0 Å². The van der Waals surface area contributed by atoms with Gasteiger partial charge in [-0.15, -0.1) is 0 Å². The molecule has 0 saturated carbocycles. The molecule has 1 rings (SSSR count). The summed E-state index contributed by atoms with van der Waals surface area (Å²) in [6.45, 7) is -2.93. The van der Waals surface area contributed by atoms with E-state index in [4.69, 9.17) is 18.5 Å². The van der Waals surface area contributed by atoms with E-state index in [1.807, 2.05) is 0 Å². The first kappa shape index (κ1) is 3.05. The summed E-state index contributed by atoms with van der Waals surface area (Å²) in [7, 11) is 0. The number of halogens is 1. The van der Waals surface area contributed by atoms with E-state index in [9.17, 15) is 0 Å². The molecule has 0 aliphatic rings. The van der Waals surface area contributed by atoms with Crippen molar-refractivity contribution >= 4 is 11.6 Å². The SMILES string of the molecule is [2H]CC([2H])([2H])Oc1c([2H])nc(Cl)nc1[2H]. The van der Waals surface area contributed by atoms with E-state index in [1.54, 1.807) is 0 Å². The maximum Gasteiger partial charge on any atom is 0.222 e. The zero-order valence-electron chi connectivity index (χ0n) is 9.89. The monoisotopic (exact) mass is 163 g/mol. The summed E-state index contributed by atoms with van der Waals surface area (Å²) >= 11 is 5.38. The largest absolute Gasteiger partial charge is 0.491 e. The molecular formula is C6H7ClN2O. The van der Waals surface area contributed by atoms with Gasteiger partial charge in [-0.25, -0.2) is 9.97 Å². The smallest absolute Gasteiger partial charge is 0.222 e. The molecule has 0 atom stereocenters. The molecule has 10 heavy (non-hydrogen) atoms. The van der Waals surface area contributed by atoms with Gasteiger partial charge < -0.3 is 4.74 Å². The first-order chi connectivity index (χ1) is 6.85. The fourth-order valence-electron chi connectivity index (χ4n) is 0.362. The Kier molecular flexibility index (Phi) is 1.03. The highest BCUT2D eigenvalue weighted by atomic mass is 35.5. The lowest BCUT2D eigenvalue weighted by molar-refractivity contribution is 0.337. The quantitative estimate of drug-likeness (QED) is 0.621. The first-order valence-corrected chi connectivity index (χ1v) is 2.72. The van der Waals surface area contributed by atoms with Crippen molar-refractivity contribution in [2.24, 2.45) is 0 Å². The molecule has 0 aromatic carbocycles. The molecular weight excluding hydrogens is 152 g/mol. The van der Waals surface area contributed by atoms with Gasteiger partial charge in [-0.05, 0) is 18.5 Å². The van der Waals surface area contributed by atoms with Crippen LogP contribution in [0, 0.1) is 0 Å². The molecule has 0 radical (unpaired) electrons. The lowest BCUT2D eigenvalue weighted by Crippen LogP contribution is -1.92. The number of hydrogen-bond donors (Lipinski definition) is 0. The van der Waals surface area contributed by atoms with Crippen molar-refractivity contribution in [2.75, 3.05) is 6.56 Å². The van der Waals surface area contributed by atoms with Gasteiger partial charge in [-0.3, -0.25) is 0 Å². The summed E-state index contributed by atoms with van der Waals surface area (Å²) in [5.41, 5.74) is 0. The standard InChI is InChI=1S/C6H7ClN2O/c1-2-10-5-3-8-6(7)9-4-5/h3-4H,2H2,1H3/i1D,2D2,3D,4D. The Bertz CT molecular complexity index is 352. The minimum atomic E-state index is -2.28. The third kappa shape index (κ3) is 1.84. The highest BCUT2D eigenvalue weighted by molar-refractivity contribution is 6.28. The normalized spacial score (nSPS) is 17.9. The van der Waals surface area contributed by atoms with E-state index in [0.717, 1.165) is 0 Å². The summed E-state index contributed by atoms with van der Waals surface area (Å²) in [6.07, 6.45) is -0.949. The third-order valence-electron chi connectivity index (χ3n) is 0.674. The second kappa shape index (κ2) is 3.37. The van der Waals surface area contributed by atoms with Crippen LogP contribution in [0.1, 0.15) is 13.8 Å². The van der Waals surface area contributed by atoms with Crippen molar-refractivity contribution in [1.82, 2.24) is 9.97 Å². The fourth-order valence-corrected chi connectivity index (χ4v) is 0.446. The molecule has 0 fully saturated rings. The molecule has 0 bridgehead atoms. The van der Waals surface area contributed by atoms with Gasteiger partial charge in [0.05, 0.1) is 24.4 Å². The van der Waals surface area contributed by atoms with Crippen LogP contribution in [-0.2, 0) is 0 Å². The molecule has 0 saturated heterocycles. The minimum Gasteiger partial charge on any atom is -0.491 e. The van der Waals surface area contributed by atoms with Crippen molar-refractivity contribution in [1.29, 1.82) is 0 Å². The summed E-state index contributed by atoms with van der Waals surface area (Å²) in [6, 6.07) is 0. The molecule has 0 spiro atoms. The lowest BCUT2D eigenvalue weighted by atomic mass is 10.6. The third-order valence-corrected chi connectivity index (χ3v) is 0.843. The van der Waals surface area contributed by atoms with Crippen LogP contribution in [0.15, 0.2) is 12.3 Å². The van der Waals surface area contributed by atoms with Crippen LogP contribution in [0.3, 0.4) is 0 Å². The molecule has 0 aliphatic heterocycles. The zero-order valence-corrected chi connectivity index (χ0v) is 5.64. The maximum absolute atomic E-state index is 7.30. The Labute approximate surface area is 71.0 Å². The topological polar surface area (TPSA) is 35.0 Å². The minimum absolute atomic E-state index is 0.274. The van der Waals surface area contributed by atoms with Gasteiger partial charge in [-0.2, -0.15) is 0 Å². The van der Waals surface area contributed by atoms with Crippen molar-refractivity contribution in [3.8, 4) is 5.75 Å². The van der Waals surface area contributed by atoms with Crippen molar-refractivity contribution in [2.45, 2.75) is 6.90 Å². The lowest BCUT2D eigenvalue weighted by Gasteiger charge is -1.98. The Morgan fingerprint density at radius 1 is 1.90 bits per heavy atom. The van der Waals surface area contributed by atoms with Crippen LogP contribution in [0.4, 0.5) is 0 Å². The highest BCUT2D eigenvalue weighted by Crippen LogP contribution is 2.07. The average Bonchev–Trinajstić information content (AvgIpc) is 2.11. The van der Waals surface area contributed by atoms with E-state index in [-0.39, 0.29) is 5.28 Å². The maximum atomic E-state index is 7.30. The van der Waals surface area contributed by atoms with Crippen molar-refractivity contribution in [3.05, 3.63) is 17.6 Å². The number of nitrogens with zero attached hydrogens (tertiary/aromatic N) is 2. The van der Waals surface area contributed by atoms with Gasteiger partial charge in [0.1, 0.15) is 0 Å². The highest BCUT2D eigenvalue weighted by Gasteiger charge is 1.92. The Morgan fingerprint density at radius 3 is 3.20 bits per heavy atom. The summed E-state index contributed by atoms with van der Waals surface area (Å²) in [5, 5.41) is -0.274. The van der Waals surface area contributed by atoms with Crippen molar-refractivity contribution in [3.63, 3.8) is 0 Å². The van der Waals surface area contributed by atoms with Crippen LogP contribution in [0.25, 0.3) is 0 Å². The summed E-state index contributed by atoms with van der Waals surface area (Å²) in [4.78, 5) is 6.80. The van der Waals surface area contributed by atoms with Gasteiger partial charge in [0.2, 0.25) is 5.28 Å². The fraction of sp³-hybridized carbons (Fsp3) is 0.333. The Morgan fingerprint density at radius 2 is 2.60 bits per heavy atom. The van der Waals surface area contributed by atoms with E-state index in [0.29, 0.717) is 0 Å². The van der Waals surface area contributed by atoms with E-state index in [1.165, 1.54) is 0 Å². The molecule has 1 aromatic heterocycles. The van der Waals surface area contributed by atoms with Crippen LogP contribution in [-0.4, -0.2) is 16.5 Å². The molecule has 54 valence electrons. The molecule has 4 heteroatoms. The molecule has 0 unspecified atom stereocenters. The van der Waals surface area contributed by atoms with Crippen LogP contribution in [0.5, 0.6) is 5.75 Å². The van der Waals surface area contributed by atoms with Gasteiger partial charge in [0.15, 0.2) is 5.75 Å². The predicted molar refractivity (Wildman–Crippen MR) is 38.2 cm³/mol. The van der Waals surface area contributed by atoms with Crippen LogP contribution >= 0.6 is 11.6 Å². The zero-order chi connectivity index (χ0) is 11.6. The molecule has 0 N–H and O–H groups in total. The molecule has 0 amide bonds. The van der Waals surface area contributed by atoms with E-state index in [2.05, 4.69) is 14.7 Å². The molecule has 1 heterocycles. The predicted octanol–water partition coefficient (Wildman–Crippen LogP) is 1.53. The number of hydrogen-bond acceptors (Lipinski definition) is 3. The van der Waals surface area contributed by atoms with E-state index >= 15 is 0 Å². The van der Waals surface area contributed by atoms with E-state index < -0.39 is 31.6 Å². The average molecular weight is 164 g/mol. The number of aromatic nitrogens is 2. The van der Waals surface area contributed by atoms with Crippen LogP contribution in [0.2, 0.25) is 5.28 Å². The molecule has 3 nitrogen and oxygen atoms in total. The molecule has 0 aliphatic carbocycles. The van der Waals surface area contributed by atoms with Gasteiger partial charge in [-0.1, -0.05) is 0 Å². The summed E-state index contributed by atoms with van der Waals surface area (Å²) < 4.78 is 40.4. The number of rotatable bonds is 2. The Balaban J connectivity index is 3.05. The molecule has 1 aromatic rings. The van der Waals surface area contributed by atoms with Gasteiger partial charge in [0.25, 0.3) is 0 Å². The second-order valence-corrected chi connectivity index (χ2v) is 1.63. The van der Waals surface area contributed by atoms with Crippen molar-refractivity contribution < 1.29 is 11.6 Å². The second-order valence-electron chi connectivity index (χ2n) is 1.29.